The summed E-state index contributed by atoms with van der Waals surface area (Å²) in [7, 11) is 0. The molecule has 0 aromatic heterocycles. The molecular weight excluding hydrogens is 937 g/mol. The average Bonchev–Trinajstić information content (AvgIpc) is 3.42. The van der Waals surface area contributed by atoms with Gasteiger partial charge in [-0.3, -0.25) is 14.4 Å². The van der Waals surface area contributed by atoms with Gasteiger partial charge in [-0.05, 0) is 103 Å². The summed E-state index contributed by atoms with van der Waals surface area (Å²) in [5, 5.41) is 0. The molecule has 0 saturated carbocycles. The lowest BCUT2D eigenvalue weighted by Crippen LogP contribution is -2.30. The lowest BCUT2D eigenvalue weighted by molar-refractivity contribution is -0.167. The van der Waals surface area contributed by atoms with E-state index in [2.05, 4.69) is 142 Å². The van der Waals surface area contributed by atoms with Crippen molar-refractivity contribution in [3.63, 3.8) is 0 Å². The fourth-order valence-corrected chi connectivity index (χ4v) is 8.56. The Hall–Kier alpha value is -4.19. The van der Waals surface area contributed by atoms with Gasteiger partial charge in [0.15, 0.2) is 6.10 Å². The molecule has 0 heterocycles. The maximum absolute atomic E-state index is 12.8. The smallest absolute Gasteiger partial charge is 0.306 e. The zero-order valence-electron chi connectivity index (χ0n) is 49.5. The number of unbranched alkanes of at least 4 members (excludes halogenated alkanes) is 25. The highest BCUT2D eigenvalue weighted by Gasteiger charge is 2.19. The van der Waals surface area contributed by atoms with Crippen LogP contribution in [0.5, 0.6) is 0 Å². The van der Waals surface area contributed by atoms with E-state index in [9.17, 15) is 14.4 Å². The molecular formula is C70H116O6. The molecule has 0 aromatic rings. The van der Waals surface area contributed by atoms with Crippen LogP contribution in [0.3, 0.4) is 0 Å². The Morgan fingerprint density at radius 3 is 0.842 bits per heavy atom. The molecule has 0 radical (unpaired) electrons. The largest absolute Gasteiger partial charge is 0.462 e. The fraction of sp³-hybridized carbons (Fsp3) is 0.671. The summed E-state index contributed by atoms with van der Waals surface area (Å²) < 4.78 is 16.7. The van der Waals surface area contributed by atoms with E-state index in [1.54, 1.807) is 0 Å². The second-order valence-corrected chi connectivity index (χ2v) is 20.6. The van der Waals surface area contributed by atoms with E-state index in [1.807, 2.05) is 0 Å². The first kappa shape index (κ1) is 71.8. The number of ether oxygens (including phenoxy) is 3. The van der Waals surface area contributed by atoms with Gasteiger partial charge < -0.3 is 14.2 Å². The van der Waals surface area contributed by atoms with Crippen molar-refractivity contribution >= 4 is 17.9 Å². The molecule has 0 amide bonds. The Bertz CT molecular complexity index is 1590. The average molecular weight is 1050 g/mol. The number of rotatable bonds is 56. The van der Waals surface area contributed by atoms with Crippen LogP contribution in [0.15, 0.2) is 122 Å². The number of esters is 3. The van der Waals surface area contributed by atoms with E-state index in [0.717, 1.165) is 109 Å². The SMILES string of the molecule is CC/C=C\C/C=C\C/C=C\C/C=C\C/C=C\CCCCCCCCCCCCCCCCCCCCCC(=O)OCC(COC(=O)CCCCCCCC)OC(=O)CCC/C=C\C/C=C\C/C=C\C/C=C\C/C=C\CC. The molecule has 432 valence electrons. The molecule has 1 unspecified atom stereocenters. The summed E-state index contributed by atoms with van der Waals surface area (Å²) in [6.45, 7) is 6.31. The zero-order chi connectivity index (χ0) is 55.0. The van der Waals surface area contributed by atoms with Gasteiger partial charge in [0, 0.05) is 19.3 Å². The number of hydrogen-bond acceptors (Lipinski definition) is 6. The highest BCUT2D eigenvalue weighted by molar-refractivity contribution is 5.71. The molecule has 0 rings (SSSR count). The molecule has 76 heavy (non-hydrogen) atoms. The number of carbonyl (C=O) groups excluding carboxylic acids is 3. The third kappa shape index (κ3) is 60.7. The Morgan fingerprint density at radius 2 is 0.526 bits per heavy atom. The van der Waals surface area contributed by atoms with Crippen molar-refractivity contribution < 1.29 is 28.6 Å². The Morgan fingerprint density at radius 1 is 0.276 bits per heavy atom. The quantitative estimate of drug-likeness (QED) is 0.0261. The minimum Gasteiger partial charge on any atom is -0.462 e. The second kappa shape index (κ2) is 63.3. The predicted molar refractivity (Wildman–Crippen MR) is 330 cm³/mol. The van der Waals surface area contributed by atoms with E-state index < -0.39 is 6.10 Å². The van der Waals surface area contributed by atoms with Crippen molar-refractivity contribution in [1.82, 2.24) is 0 Å². The Balaban J connectivity index is 4.02. The minimum atomic E-state index is -0.804. The van der Waals surface area contributed by atoms with Crippen LogP contribution >= 0.6 is 0 Å². The van der Waals surface area contributed by atoms with Crippen LogP contribution in [0.2, 0.25) is 0 Å². The van der Waals surface area contributed by atoms with Crippen molar-refractivity contribution in [2.24, 2.45) is 0 Å². The third-order valence-electron chi connectivity index (χ3n) is 13.2. The number of allylic oxidation sites excluding steroid dienone is 20. The first-order valence-corrected chi connectivity index (χ1v) is 31.5. The van der Waals surface area contributed by atoms with Crippen molar-refractivity contribution in [2.75, 3.05) is 13.2 Å². The standard InChI is InChI=1S/C70H116O6/c1-4-7-10-13-16-18-20-22-24-26-27-28-29-30-31-32-33-34-35-36-37-38-39-40-41-42-43-45-46-48-50-52-54-57-60-63-69(72)75-66-67(65-74-68(71)62-59-56-15-12-9-6-3)76-70(73)64-61-58-55-53-51-49-47-44-25-23-21-19-17-14-11-8-5-2/h7-8,10-11,16-19,22-25,27-28,30-31,47,49,53,55,67H,4-6,9,12-15,20-21,26,29,32-46,48,50-52,54,56-66H2,1-3H3/b10-7-,11-8-,18-16-,19-17-,24-22-,25-23-,28-27-,31-30-,49-47-,55-53-. The topological polar surface area (TPSA) is 78.9 Å². The van der Waals surface area contributed by atoms with Gasteiger partial charge in [-0.15, -0.1) is 0 Å². The van der Waals surface area contributed by atoms with Gasteiger partial charge in [-0.1, -0.05) is 284 Å². The van der Waals surface area contributed by atoms with Crippen LogP contribution in [0.1, 0.15) is 284 Å². The van der Waals surface area contributed by atoms with E-state index >= 15 is 0 Å². The molecule has 0 aromatic carbocycles. The van der Waals surface area contributed by atoms with Gasteiger partial charge in [-0.2, -0.15) is 0 Å². The van der Waals surface area contributed by atoms with Gasteiger partial charge >= 0.3 is 17.9 Å². The van der Waals surface area contributed by atoms with E-state index in [0.29, 0.717) is 19.3 Å². The van der Waals surface area contributed by atoms with Crippen molar-refractivity contribution in [3.8, 4) is 0 Å². The molecule has 0 N–H and O–H groups in total. The molecule has 1 atom stereocenters. The lowest BCUT2D eigenvalue weighted by atomic mass is 10.0. The maximum atomic E-state index is 12.8. The first-order valence-electron chi connectivity index (χ1n) is 31.5. The van der Waals surface area contributed by atoms with Crippen molar-refractivity contribution in [1.29, 1.82) is 0 Å². The molecule has 6 heteroatoms. The van der Waals surface area contributed by atoms with Crippen LogP contribution in [-0.4, -0.2) is 37.2 Å². The van der Waals surface area contributed by atoms with Gasteiger partial charge in [0.1, 0.15) is 13.2 Å². The van der Waals surface area contributed by atoms with Crippen molar-refractivity contribution in [3.05, 3.63) is 122 Å². The van der Waals surface area contributed by atoms with E-state index in [1.165, 1.54) is 128 Å². The summed E-state index contributed by atoms with van der Waals surface area (Å²) >= 11 is 0. The van der Waals surface area contributed by atoms with Crippen LogP contribution in [-0.2, 0) is 28.6 Å². The molecule has 6 nitrogen and oxygen atoms in total. The normalized spacial score (nSPS) is 12.9. The lowest BCUT2D eigenvalue weighted by Gasteiger charge is -2.18. The molecule has 0 aliphatic rings. The molecule has 0 aliphatic carbocycles. The zero-order valence-corrected chi connectivity index (χ0v) is 49.5. The van der Waals surface area contributed by atoms with Crippen LogP contribution in [0.4, 0.5) is 0 Å². The summed E-state index contributed by atoms with van der Waals surface area (Å²) in [6.07, 6.45) is 88.4. The number of carbonyl (C=O) groups is 3. The Labute approximate surface area is 469 Å². The summed E-state index contributed by atoms with van der Waals surface area (Å²) in [5.41, 5.74) is 0. The highest BCUT2D eigenvalue weighted by atomic mass is 16.6. The van der Waals surface area contributed by atoms with Gasteiger partial charge in [0.25, 0.3) is 0 Å². The van der Waals surface area contributed by atoms with E-state index in [-0.39, 0.29) is 37.5 Å². The molecule has 0 saturated heterocycles. The molecule has 0 aliphatic heterocycles. The summed E-state index contributed by atoms with van der Waals surface area (Å²) in [6, 6.07) is 0. The van der Waals surface area contributed by atoms with Crippen molar-refractivity contribution in [2.45, 2.75) is 290 Å². The predicted octanol–water partition coefficient (Wildman–Crippen LogP) is 21.6. The summed E-state index contributed by atoms with van der Waals surface area (Å²) in [5.74, 6) is -0.965. The molecule has 0 bridgehead atoms. The maximum Gasteiger partial charge on any atom is 0.306 e. The molecule has 0 spiro atoms. The second-order valence-electron chi connectivity index (χ2n) is 20.6. The summed E-state index contributed by atoms with van der Waals surface area (Å²) in [4.78, 5) is 37.9. The van der Waals surface area contributed by atoms with Gasteiger partial charge in [-0.25, -0.2) is 0 Å². The van der Waals surface area contributed by atoms with Crippen LogP contribution < -0.4 is 0 Å². The highest BCUT2D eigenvalue weighted by Crippen LogP contribution is 2.16. The third-order valence-corrected chi connectivity index (χ3v) is 13.2. The first-order chi connectivity index (χ1) is 37.5. The number of hydrogen-bond donors (Lipinski definition) is 0. The van der Waals surface area contributed by atoms with Gasteiger partial charge in [0.2, 0.25) is 0 Å². The minimum absolute atomic E-state index is 0.0993. The fourth-order valence-electron chi connectivity index (χ4n) is 8.56. The van der Waals surface area contributed by atoms with E-state index in [4.69, 9.17) is 14.2 Å². The monoisotopic (exact) mass is 1050 g/mol. The molecule has 0 fully saturated rings. The Kier molecular flexibility index (Phi) is 59.9. The van der Waals surface area contributed by atoms with Crippen LogP contribution in [0.25, 0.3) is 0 Å². The van der Waals surface area contributed by atoms with Crippen LogP contribution in [0, 0.1) is 0 Å². The van der Waals surface area contributed by atoms with Gasteiger partial charge in [0.05, 0.1) is 0 Å².